The van der Waals surface area contributed by atoms with E-state index in [1.54, 1.807) is 21.3 Å². The molecule has 0 bridgehead atoms. The minimum Gasteiger partial charge on any atom is -0.376 e. The van der Waals surface area contributed by atoms with Crippen LogP contribution in [0.1, 0.15) is 0 Å². The molecule has 0 radical (unpaired) electrons. The van der Waals surface area contributed by atoms with E-state index in [2.05, 4.69) is 17.1 Å². The minimum atomic E-state index is -2.51. The van der Waals surface area contributed by atoms with Crippen LogP contribution >= 0.6 is 0 Å². The molecule has 0 fully saturated rings. The van der Waals surface area contributed by atoms with E-state index in [0.717, 1.165) is 6.54 Å². The summed E-state index contributed by atoms with van der Waals surface area (Å²) in [5.41, 5.74) is 0.146. The second kappa shape index (κ2) is 4.34. The number of hydrogen-bond acceptors (Lipinski definition) is 4. The average molecular weight is 203 g/mol. The summed E-state index contributed by atoms with van der Waals surface area (Å²) in [5, 5.41) is 0. The maximum atomic E-state index is 5.39. The van der Waals surface area contributed by atoms with Gasteiger partial charge in [-0.1, -0.05) is 12.2 Å². The van der Waals surface area contributed by atoms with E-state index in [1.165, 1.54) is 0 Å². The Balaban J connectivity index is 2.79. The van der Waals surface area contributed by atoms with Crippen molar-refractivity contribution in [3.63, 3.8) is 0 Å². The van der Waals surface area contributed by atoms with Gasteiger partial charge in [-0.05, 0) is 7.05 Å². The number of rotatable bonds is 4. The summed E-state index contributed by atoms with van der Waals surface area (Å²) in [4.78, 5) is 2.16. The molecule has 5 heteroatoms. The first-order valence-electron chi connectivity index (χ1n) is 4.22. The van der Waals surface area contributed by atoms with Crippen molar-refractivity contribution in [2.75, 3.05) is 34.9 Å². The molecule has 0 spiro atoms. The van der Waals surface area contributed by atoms with Crippen LogP contribution in [0.4, 0.5) is 0 Å². The van der Waals surface area contributed by atoms with Crippen LogP contribution in [0.25, 0.3) is 0 Å². The molecule has 13 heavy (non-hydrogen) atoms. The fourth-order valence-electron chi connectivity index (χ4n) is 1.62. The molecule has 1 heterocycles. The first-order valence-corrected chi connectivity index (χ1v) is 6.02. The zero-order chi connectivity index (χ0) is 9.90. The van der Waals surface area contributed by atoms with Crippen LogP contribution in [-0.4, -0.2) is 54.3 Å². The first-order chi connectivity index (χ1) is 6.20. The molecule has 1 atom stereocenters. The topological polar surface area (TPSA) is 30.9 Å². The third-order valence-corrected chi connectivity index (χ3v) is 5.47. The molecular formula is C8H17NO3Si. The molecule has 0 N–H and O–H groups in total. The van der Waals surface area contributed by atoms with E-state index < -0.39 is 8.80 Å². The zero-order valence-corrected chi connectivity index (χ0v) is 9.61. The van der Waals surface area contributed by atoms with Gasteiger partial charge in [-0.3, -0.25) is 4.90 Å². The Morgan fingerprint density at radius 3 is 2.08 bits per heavy atom. The Bertz CT molecular complexity index is 186. The van der Waals surface area contributed by atoms with E-state index in [-0.39, 0.29) is 5.67 Å². The smallest absolute Gasteiger partial charge is 0.376 e. The highest BCUT2D eigenvalue weighted by Crippen LogP contribution is 2.21. The first kappa shape index (κ1) is 10.9. The molecule has 0 saturated carbocycles. The Labute approximate surface area is 80.4 Å². The van der Waals surface area contributed by atoms with Gasteiger partial charge >= 0.3 is 8.80 Å². The van der Waals surface area contributed by atoms with Crippen molar-refractivity contribution in [3.05, 3.63) is 12.2 Å². The Morgan fingerprint density at radius 1 is 1.23 bits per heavy atom. The highest BCUT2D eigenvalue weighted by Gasteiger charge is 2.49. The molecule has 1 unspecified atom stereocenters. The average Bonchev–Trinajstić information content (AvgIpc) is 2.57. The molecule has 0 aliphatic carbocycles. The van der Waals surface area contributed by atoms with Gasteiger partial charge < -0.3 is 13.3 Å². The van der Waals surface area contributed by atoms with Crippen LogP contribution in [-0.2, 0) is 13.3 Å². The lowest BCUT2D eigenvalue weighted by Crippen LogP contribution is -2.58. The molecule has 0 saturated heterocycles. The quantitative estimate of drug-likeness (QED) is 0.485. The van der Waals surface area contributed by atoms with Crippen molar-refractivity contribution < 1.29 is 13.3 Å². The molecule has 0 aromatic rings. The maximum absolute atomic E-state index is 5.39. The molecule has 1 rings (SSSR count). The van der Waals surface area contributed by atoms with Crippen LogP contribution in [0.5, 0.6) is 0 Å². The zero-order valence-electron chi connectivity index (χ0n) is 8.61. The van der Waals surface area contributed by atoms with Gasteiger partial charge in [0.2, 0.25) is 0 Å². The van der Waals surface area contributed by atoms with Gasteiger partial charge in [-0.15, -0.1) is 0 Å². The van der Waals surface area contributed by atoms with Gasteiger partial charge in [-0.25, -0.2) is 0 Å². The third-order valence-electron chi connectivity index (χ3n) is 2.40. The van der Waals surface area contributed by atoms with Crippen molar-refractivity contribution in [2.24, 2.45) is 0 Å². The van der Waals surface area contributed by atoms with Crippen molar-refractivity contribution in [2.45, 2.75) is 5.67 Å². The van der Waals surface area contributed by atoms with Crippen molar-refractivity contribution in [1.29, 1.82) is 0 Å². The molecule has 76 valence electrons. The van der Waals surface area contributed by atoms with Gasteiger partial charge in [0.15, 0.2) is 0 Å². The minimum absolute atomic E-state index is 0.146. The van der Waals surface area contributed by atoms with E-state index in [0.29, 0.717) is 0 Å². The van der Waals surface area contributed by atoms with Crippen LogP contribution in [0.2, 0.25) is 0 Å². The number of hydrogen-bond donors (Lipinski definition) is 0. The fourth-order valence-corrected chi connectivity index (χ4v) is 3.86. The summed E-state index contributed by atoms with van der Waals surface area (Å²) in [6.07, 6.45) is 4.19. The van der Waals surface area contributed by atoms with Crippen molar-refractivity contribution in [3.8, 4) is 0 Å². The molecule has 1 aliphatic rings. The second-order valence-electron chi connectivity index (χ2n) is 3.03. The SMILES string of the molecule is CO[Si](OC)(OC)C1C=CCN1C. The Morgan fingerprint density at radius 2 is 1.77 bits per heavy atom. The number of likely N-dealkylation sites (N-methyl/N-ethyl adjacent to an activating group) is 1. The molecule has 0 aromatic heterocycles. The highest BCUT2D eigenvalue weighted by atomic mass is 28.4. The summed E-state index contributed by atoms with van der Waals surface area (Å²) < 4.78 is 16.2. The van der Waals surface area contributed by atoms with Crippen LogP contribution in [0, 0.1) is 0 Å². The van der Waals surface area contributed by atoms with Gasteiger partial charge in [0.05, 0.1) is 5.67 Å². The maximum Gasteiger partial charge on any atom is 0.522 e. The molecule has 0 amide bonds. The van der Waals surface area contributed by atoms with E-state index in [1.807, 2.05) is 7.05 Å². The lowest BCUT2D eigenvalue weighted by molar-refractivity contribution is 0.0976. The predicted octanol–water partition coefficient (Wildman–Crippen LogP) is 0.274. The number of nitrogens with zero attached hydrogens (tertiary/aromatic N) is 1. The van der Waals surface area contributed by atoms with Gasteiger partial charge in [0.25, 0.3) is 0 Å². The molecule has 1 aliphatic heterocycles. The summed E-state index contributed by atoms with van der Waals surface area (Å²) in [7, 11) is 4.44. The fraction of sp³-hybridized carbons (Fsp3) is 0.750. The Kier molecular flexibility index (Phi) is 3.63. The highest BCUT2D eigenvalue weighted by molar-refractivity contribution is 6.63. The Hall–Kier alpha value is -0.203. The third kappa shape index (κ3) is 1.84. The van der Waals surface area contributed by atoms with E-state index in [4.69, 9.17) is 13.3 Å². The lowest BCUT2D eigenvalue weighted by Gasteiger charge is -2.33. The summed E-state index contributed by atoms with van der Waals surface area (Å²) >= 11 is 0. The van der Waals surface area contributed by atoms with Crippen LogP contribution in [0.15, 0.2) is 12.2 Å². The normalized spacial score (nSPS) is 24.2. The van der Waals surface area contributed by atoms with Crippen molar-refractivity contribution in [1.82, 2.24) is 4.90 Å². The summed E-state index contributed by atoms with van der Waals surface area (Å²) in [5.74, 6) is 0. The van der Waals surface area contributed by atoms with Gasteiger partial charge in [0.1, 0.15) is 0 Å². The van der Waals surface area contributed by atoms with Crippen LogP contribution in [0.3, 0.4) is 0 Å². The standard InChI is InChI=1S/C8H17NO3Si/c1-9-7-5-6-8(9)13(10-2,11-3)12-4/h5-6,8H,7H2,1-4H3. The van der Waals surface area contributed by atoms with E-state index in [9.17, 15) is 0 Å². The molecule has 0 aromatic carbocycles. The molecule has 4 nitrogen and oxygen atoms in total. The van der Waals surface area contributed by atoms with E-state index >= 15 is 0 Å². The molecular weight excluding hydrogens is 186 g/mol. The monoisotopic (exact) mass is 203 g/mol. The predicted molar refractivity (Wildman–Crippen MR) is 52.3 cm³/mol. The second-order valence-corrected chi connectivity index (χ2v) is 6.05. The summed E-state index contributed by atoms with van der Waals surface area (Å²) in [6.45, 7) is 0.926. The lowest BCUT2D eigenvalue weighted by atomic mass is 10.6. The van der Waals surface area contributed by atoms with Gasteiger partial charge in [0, 0.05) is 27.9 Å². The van der Waals surface area contributed by atoms with Crippen LogP contribution < -0.4 is 0 Å². The van der Waals surface area contributed by atoms with Crippen molar-refractivity contribution >= 4 is 8.80 Å². The largest absolute Gasteiger partial charge is 0.522 e. The summed E-state index contributed by atoms with van der Waals surface area (Å²) in [6, 6.07) is 0. The van der Waals surface area contributed by atoms with Gasteiger partial charge in [-0.2, -0.15) is 0 Å².